The lowest BCUT2D eigenvalue weighted by molar-refractivity contribution is -0.0681. The van der Waals surface area contributed by atoms with E-state index in [0.717, 1.165) is 11.3 Å². The van der Waals surface area contributed by atoms with Crippen molar-refractivity contribution in [3.8, 4) is 0 Å². The number of aromatic nitrogens is 1. The molecular formula is C13H19NO2. The van der Waals surface area contributed by atoms with Gasteiger partial charge in [-0.15, -0.1) is 0 Å². The predicted octanol–water partition coefficient (Wildman–Crippen LogP) is 2.20. The van der Waals surface area contributed by atoms with Gasteiger partial charge in [0, 0.05) is 43.5 Å². The van der Waals surface area contributed by atoms with Crippen molar-refractivity contribution in [2.24, 2.45) is 0 Å². The van der Waals surface area contributed by atoms with Gasteiger partial charge in [0.25, 0.3) is 0 Å². The molecule has 88 valence electrons. The SMILES string of the molecule is CC(C)c1ccc(C2(O)CCOCC2)cn1. The lowest BCUT2D eigenvalue weighted by atomic mass is 9.87. The van der Waals surface area contributed by atoms with Crippen LogP contribution in [-0.2, 0) is 10.3 Å². The zero-order valence-corrected chi connectivity index (χ0v) is 9.94. The summed E-state index contributed by atoms with van der Waals surface area (Å²) < 4.78 is 5.27. The molecule has 0 aromatic carbocycles. The lowest BCUT2D eigenvalue weighted by Crippen LogP contribution is -2.33. The highest BCUT2D eigenvalue weighted by Gasteiger charge is 2.31. The molecule has 0 atom stereocenters. The number of ether oxygens (including phenoxy) is 1. The second-order valence-corrected chi connectivity index (χ2v) is 4.77. The Kier molecular flexibility index (Phi) is 3.26. The van der Waals surface area contributed by atoms with Crippen molar-refractivity contribution >= 4 is 0 Å². The molecule has 0 saturated carbocycles. The molecule has 1 aromatic rings. The van der Waals surface area contributed by atoms with Crippen molar-refractivity contribution in [3.63, 3.8) is 0 Å². The highest BCUT2D eigenvalue weighted by molar-refractivity contribution is 5.22. The standard InChI is InChI=1S/C13H19NO2/c1-10(2)12-4-3-11(9-14-12)13(15)5-7-16-8-6-13/h3-4,9-10,15H,5-8H2,1-2H3. The summed E-state index contributed by atoms with van der Waals surface area (Å²) in [6, 6.07) is 4.00. The van der Waals surface area contributed by atoms with Crippen LogP contribution < -0.4 is 0 Å². The van der Waals surface area contributed by atoms with E-state index in [-0.39, 0.29) is 0 Å². The third-order valence-electron chi connectivity index (χ3n) is 3.24. The van der Waals surface area contributed by atoms with Crippen LogP contribution in [-0.4, -0.2) is 23.3 Å². The van der Waals surface area contributed by atoms with Crippen molar-refractivity contribution < 1.29 is 9.84 Å². The zero-order chi connectivity index (χ0) is 11.6. The molecule has 1 N–H and O–H groups in total. The van der Waals surface area contributed by atoms with Crippen LogP contribution in [0.15, 0.2) is 18.3 Å². The van der Waals surface area contributed by atoms with Gasteiger partial charge in [-0.05, 0) is 12.0 Å². The Morgan fingerprint density at radius 3 is 2.50 bits per heavy atom. The van der Waals surface area contributed by atoms with Gasteiger partial charge >= 0.3 is 0 Å². The highest BCUT2D eigenvalue weighted by Crippen LogP contribution is 2.31. The summed E-state index contributed by atoms with van der Waals surface area (Å²) >= 11 is 0. The summed E-state index contributed by atoms with van der Waals surface area (Å²) in [5.41, 5.74) is 1.25. The van der Waals surface area contributed by atoms with Crippen LogP contribution >= 0.6 is 0 Å². The first-order valence-electron chi connectivity index (χ1n) is 5.88. The van der Waals surface area contributed by atoms with Crippen LogP contribution in [0.2, 0.25) is 0 Å². The molecule has 0 bridgehead atoms. The van der Waals surface area contributed by atoms with E-state index in [4.69, 9.17) is 4.74 Å². The van der Waals surface area contributed by atoms with Crippen molar-refractivity contribution in [3.05, 3.63) is 29.6 Å². The summed E-state index contributed by atoms with van der Waals surface area (Å²) in [4.78, 5) is 4.40. The fourth-order valence-corrected chi connectivity index (χ4v) is 2.02. The maximum Gasteiger partial charge on any atom is 0.0955 e. The number of nitrogens with zero attached hydrogens (tertiary/aromatic N) is 1. The summed E-state index contributed by atoms with van der Waals surface area (Å²) in [7, 11) is 0. The minimum absolute atomic E-state index is 0.429. The van der Waals surface area contributed by atoms with Crippen LogP contribution in [0.1, 0.15) is 43.9 Å². The lowest BCUT2D eigenvalue weighted by Gasteiger charge is -2.32. The minimum Gasteiger partial charge on any atom is -0.385 e. The normalized spacial score (nSPS) is 20.0. The average Bonchev–Trinajstić information content (AvgIpc) is 2.30. The number of hydrogen-bond acceptors (Lipinski definition) is 3. The fourth-order valence-electron chi connectivity index (χ4n) is 2.02. The van der Waals surface area contributed by atoms with Gasteiger partial charge in [-0.2, -0.15) is 0 Å². The first-order valence-corrected chi connectivity index (χ1v) is 5.88. The Bertz CT molecular complexity index is 339. The van der Waals surface area contributed by atoms with Gasteiger partial charge in [-0.3, -0.25) is 4.98 Å². The molecule has 0 unspecified atom stereocenters. The molecule has 0 radical (unpaired) electrons. The van der Waals surface area contributed by atoms with E-state index in [1.807, 2.05) is 12.1 Å². The fraction of sp³-hybridized carbons (Fsp3) is 0.615. The van der Waals surface area contributed by atoms with Crippen LogP contribution in [0.25, 0.3) is 0 Å². The topological polar surface area (TPSA) is 42.4 Å². The summed E-state index contributed by atoms with van der Waals surface area (Å²) in [5, 5.41) is 10.5. The van der Waals surface area contributed by atoms with Crippen LogP contribution in [0.3, 0.4) is 0 Å². The third-order valence-corrected chi connectivity index (χ3v) is 3.24. The molecule has 1 aromatic heterocycles. The Morgan fingerprint density at radius 1 is 1.31 bits per heavy atom. The van der Waals surface area contributed by atoms with Crippen LogP contribution in [0.4, 0.5) is 0 Å². The van der Waals surface area contributed by atoms with Crippen molar-refractivity contribution in [1.29, 1.82) is 0 Å². The summed E-state index contributed by atoms with van der Waals surface area (Å²) in [6.07, 6.45) is 3.13. The van der Waals surface area contributed by atoms with Gasteiger partial charge in [0.05, 0.1) is 5.60 Å². The monoisotopic (exact) mass is 221 g/mol. The van der Waals surface area contributed by atoms with E-state index in [0.29, 0.717) is 32.0 Å². The largest absolute Gasteiger partial charge is 0.385 e. The molecule has 1 aliphatic heterocycles. The summed E-state index contributed by atoms with van der Waals surface area (Å²) in [6.45, 7) is 5.49. The molecule has 0 spiro atoms. The molecular weight excluding hydrogens is 202 g/mol. The second kappa shape index (κ2) is 4.52. The molecule has 2 rings (SSSR count). The Labute approximate surface area is 96.5 Å². The molecule has 1 aliphatic rings. The van der Waals surface area contributed by atoms with Gasteiger partial charge in [-0.1, -0.05) is 19.9 Å². The molecule has 2 heterocycles. The molecule has 3 heteroatoms. The first kappa shape index (κ1) is 11.6. The zero-order valence-electron chi connectivity index (χ0n) is 9.94. The van der Waals surface area contributed by atoms with Gasteiger partial charge < -0.3 is 9.84 Å². The maximum absolute atomic E-state index is 10.5. The van der Waals surface area contributed by atoms with Crippen molar-refractivity contribution in [1.82, 2.24) is 4.98 Å². The minimum atomic E-state index is -0.735. The van der Waals surface area contributed by atoms with Crippen LogP contribution in [0.5, 0.6) is 0 Å². The highest BCUT2D eigenvalue weighted by atomic mass is 16.5. The van der Waals surface area contributed by atoms with E-state index in [1.165, 1.54) is 0 Å². The van der Waals surface area contributed by atoms with E-state index in [9.17, 15) is 5.11 Å². The van der Waals surface area contributed by atoms with E-state index >= 15 is 0 Å². The molecule has 3 nitrogen and oxygen atoms in total. The Morgan fingerprint density at radius 2 is 2.00 bits per heavy atom. The Hall–Kier alpha value is -0.930. The molecule has 1 saturated heterocycles. The average molecular weight is 221 g/mol. The summed E-state index contributed by atoms with van der Waals surface area (Å²) in [5.74, 6) is 0.429. The first-order chi connectivity index (χ1) is 7.62. The van der Waals surface area contributed by atoms with Gasteiger partial charge in [0.15, 0.2) is 0 Å². The van der Waals surface area contributed by atoms with Crippen molar-refractivity contribution in [2.75, 3.05) is 13.2 Å². The van der Waals surface area contributed by atoms with Gasteiger partial charge in [-0.25, -0.2) is 0 Å². The third kappa shape index (κ3) is 2.25. The van der Waals surface area contributed by atoms with Gasteiger partial charge in [0.1, 0.15) is 0 Å². The van der Waals surface area contributed by atoms with Crippen LogP contribution in [0, 0.1) is 0 Å². The molecule has 0 aliphatic carbocycles. The molecule has 0 amide bonds. The van der Waals surface area contributed by atoms with Crippen molar-refractivity contribution in [2.45, 2.75) is 38.2 Å². The quantitative estimate of drug-likeness (QED) is 0.832. The number of hydrogen-bond donors (Lipinski definition) is 1. The molecule has 16 heavy (non-hydrogen) atoms. The van der Waals surface area contributed by atoms with Gasteiger partial charge in [0.2, 0.25) is 0 Å². The maximum atomic E-state index is 10.5. The number of rotatable bonds is 2. The Balaban J connectivity index is 2.20. The smallest absolute Gasteiger partial charge is 0.0955 e. The van der Waals surface area contributed by atoms with E-state index < -0.39 is 5.60 Å². The van der Waals surface area contributed by atoms with E-state index in [1.54, 1.807) is 6.20 Å². The van der Waals surface area contributed by atoms with E-state index in [2.05, 4.69) is 18.8 Å². The number of pyridine rings is 1. The predicted molar refractivity (Wildman–Crippen MR) is 62.3 cm³/mol. The number of aliphatic hydroxyl groups is 1. The molecule has 1 fully saturated rings. The second-order valence-electron chi connectivity index (χ2n) is 4.77.